The minimum absolute atomic E-state index is 0.385. The van der Waals surface area contributed by atoms with Crippen molar-refractivity contribution in [3.05, 3.63) is 34.7 Å². The van der Waals surface area contributed by atoms with Crippen LogP contribution in [0.2, 0.25) is 0 Å². The van der Waals surface area contributed by atoms with Crippen molar-refractivity contribution in [2.24, 2.45) is 11.8 Å². The highest BCUT2D eigenvalue weighted by molar-refractivity contribution is 5.74. The monoisotopic (exact) mass is 314 g/mol. The molecule has 2 nitrogen and oxygen atoms in total. The molecule has 1 aliphatic heterocycles. The first kappa shape index (κ1) is 18.2. The molecule has 0 spiro atoms. The van der Waals surface area contributed by atoms with Crippen LogP contribution >= 0.6 is 0 Å². The van der Waals surface area contributed by atoms with E-state index in [4.69, 9.17) is 4.98 Å². The standard InChI is InChI=1S/C21H34N2/c1-12(2)18-10-14(5)16(7)23(9)17(8)20-15(6)22-11-19(13(3)4)21(18)20/h10-14,16-17H,1-9H3/b18-10-/t14-,16-,17+/m1/s1. The predicted octanol–water partition coefficient (Wildman–Crippen LogP) is 5.58. The number of nitrogens with zero attached hydrogens (tertiary/aromatic N) is 2. The van der Waals surface area contributed by atoms with Gasteiger partial charge in [-0.15, -0.1) is 0 Å². The lowest BCUT2D eigenvalue weighted by atomic mass is 9.79. The maximum Gasteiger partial charge on any atom is 0.0426 e. The Hall–Kier alpha value is -1.15. The van der Waals surface area contributed by atoms with Crippen LogP contribution in [-0.2, 0) is 0 Å². The second-order valence-electron chi connectivity index (χ2n) is 7.96. The Morgan fingerprint density at radius 2 is 1.65 bits per heavy atom. The van der Waals surface area contributed by atoms with Crippen molar-refractivity contribution in [1.82, 2.24) is 9.88 Å². The SMILES string of the molecule is Cc1ncc(C(C)C)c2c1[C@H](C)N(C)[C@H](C)[C@H](C)/C=C\2C(C)C. The number of hydrogen-bond donors (Lipinski definition) is 0. The number of rotatable bonds is 2. The van der Waals surface area contributed by atoms with E-state index in [1.807, 2.05) is 0 Å². The molecule has 0 fully saturated rings. The van der Waals surface area contributed by atoms with Crippen molar-refractivity contribution in [2.75, 3.05) is 7.05 Å². The zero-order chi connectivity index (χ0) is 17.5. The molecule has 3 atom stereocenters. The topological polar surface area (TPSA) is 16.1 Å². The molecule has 0 radical (unpaired) electrons. The van der Waals surface area contributed by atoms with Gasteiger partial charge in [0.2, 0.25) is 0 Å². The molecule has 128 valence electrons. The van der Waals surface area contributed by atoms with E-state index >= 15 is 0 Å². The van der Waals surface area contributed by atoms with Gasteiger partial charge in [0.15, 0.2) is 0 Å². The van der Waals surface area contributed by atoms with Gasteiger partial charge >= 0.3 is 0 Å². The van der Waals surface area contributed by atoms with E-state index in [0.717, 1.165) is 0 Å². The van der Waals surface area contributed by atoms with Crippen LogP contribution < -0.4 is 0 Å². The molecule has 2 heterocycles. The maximum absolute atomic E-state index is 4.75. The Morgan fingerprint density at radius 1 is 1.04 bits per heavy atom. The van der Waals surface area contributed by atoms with Crippen molar-refractivity contribution in [3.63, 3.8) is 0 Å². The van der Waals surface area contributed by atoms with Gasteiger partial charge in [0.05, 0.1) is 0 Å². The first-order valence-electron chi connectivity index (χ1n) is 9.10. The molecule has 0 aromatic carbocycles. The summed E-state index contributed by atoms with van der Waals surface area (Å²) in [6.07, 6.45) is 4.62. The molecule has 0 saturated heterocycles. The van der Waals surface area contributed by atoms with Gasteiger partial charge in [-0.1, -0.05) is 40.7 Å². The van der Waals surface area contributed by atoms with E-state index in [2.05, 4.69) is 79.6 Å². The minimum Gasteiger partial charge on any atom is -0.296 e. The first-order chi connectivity index (χ1) is 10.7. The average Bonchev–Trinajstić information content (AvgIpc) is 2.48. The minimum atomic E-state index is 0.385. The third-order valence-corrected chi connectivity index (χ3v) is 5.75. The Balaban J connectivity index is 2.86. The van der Waals surface area contributed by atoms with Crippen LogP contribution in [0.4, 0.5) is 0 Å². The fourth-order valence-electron chi connectivity index (χ4n) is 3.82. The van der Waals surface area contributed by atoms with Crippen molar-refractivity contribution in [3.8, 4) is 0 Å². The molecular formula is C21H34N2. The van der Waals surface area contributed by atoms with E-state index in [1.165, 1.54) is 28.0 Å². The molecule has 0 unspecified atom stereocenters. The largest absolute Gasteiger partial charge is 0.296 e. The highest BCUT2D eigenvalue weighted by atomic mass is 15.2. The number of hydrogen-bond acceptors (Lipinski definition) is 2. The summed E-state index contributed by atoms with van der Waals surface area (Å²) < 4.78 is 0. The summed E-state index contributed by atoms with van der Waals surface area (Å²) in [7, 11) is 2.26. The lowest BCUT2D eigenvalue weighted by Gasteiger charge is -2.39. The van der Waals surface area contributed by atoms with Gasteiger partial charge in [0, 0.05) is 24.0 Å². The number of aryl methyl sites for hydroxylation is 1. The summed E-state index contributed by atoms with van der Waals surface area (Å²) >= 11 is 0. The van der Waals surface area contributed by atoms with E-state index < -0.39 is 0 Å². The lowest BCUT2D eigenvalue weighted by Crippen LogP contribution is -2.38. The Kier molecular flexibility index (Phi) is 5.35. The highest BCUT2D eigenvalue weighted by Crippen LogP contribution is 2.41. The van der Waals surface area contributed by atoms with E-state index in [-0.39, 0.29) is 0 Å². The molecule has 1 aromatic heterocycles. The van der Waals surface area contributed by atoms with E-state index in [0.29, 0.717) is 29.8 Å². The summed E-state index contributed by atoms with van der Waals surface area (Å²) in [5, 5.41) is 0. The van der Waals surface area contributed by atoms with Gasteiger partial charge in [0.25, 0.3) is 0 Å². The van der Waals surface area contributed by atoms with Crippen LogP contribution in [0, 0.1) is 18.8 Å². The summed E-state index contributed by atoms with van der Waals surface area (Å²) in [5.74, 6) is 1.56. The van der Waals surface area contributed by atoms with E-state index in [1.54, 1.807) is 0 Å². The molecular weight excluding hydrogens is 280 g/mol. The molecule has 0 amide bonds. The Bertz CT molecular complexity index is 598. The zero-order valence-electron chi connectivity index (χ0n) is 16.4. The number of pyridine rings is 1. The molecule has 2 heteroatoms. The maximum atomic E-state index is 4.75. The molecule has 23 heavy (non-hydrogen) atoms. The number of fused-ring (bicyclic) bond motifs is 1. The second kappa shape index (κ2) is 6.76. The normalized spacial score (nSPS) is 28.3. The quantitative estimate of drug-likeness (QED) is 0.708. The van der Waals surface area contributed by atoms with Crippen LogP contribution in [0.25, 0.3) is 5.57 Å². The molecule has 1 aliphatic rings. The van der Waals surface area contributed by atoms with Crippen molar-refractivity contribution in [1.29, 1.82) is 0 Å². The molecule has 0 saturated carbocycles. The third kappa shape index (κ3) is 3.24. The third-order valence-electron chi connectivity index (χ3n) is 5.75. The molecule has 0 N–H and O–H groups in total. The molecule has 0 aliphatic carbocycles. The molecule has 1 aromatic rings. The fraction of sp³-hybridized carbons (Fsp3) is 0.667. The van der Waals surface area contributed by atoms with Crippen molar-refractivity contribution in [2.45, 2.75) is 73.4 Å². The van der Waals surface area contributed by atoms with Gasteiger partial charge in [0.1, 0.15) is 0 Å². The lowest BCUT2D eigenvalue weighted by molar-refractivity contribution is 0.166. The summed E-state index contributed by atoms with van der Waals surface area (Å²) in [5.41, 5.74) is 6.98. The van der Waals surface area contributed by atoms with Gasteiger partial charge < -0.3 is 0 Å². The summed E-state index contributed by atoms with van der Waals surface area (Å²) in [6, 6.07) is 0.908. The van der Waals surface area contributed by atoms with E-state index in [9.17, 15) is 0 Å². The van der Waals surface area contributed by atoms with Gasteiger partial charge in [-0.25, -0.2) is 0 Å². The van der Waals surface area contributed by atoms with Crippen LogP contribution in [0.3, 0.4) is 0 Å². The summed E-state index contributed by atoms with van der Waals surface area (Å²) in [6.45, 7) is 18.4. The Morgan fingerprint density at radius 3 is 2.17 bits per heavy atom. The van der Waals surface area contributed by atoms with Crippen LogP contribution in [0.1, 0.15) is 82.8 Å². The average molecular weight is 315 g/mol. The second-order valence-corrected chi connectivity index (χ2v) is 7.96. The van der Waals surface area contributed by atoms with Crippen molar-refractivity contribution < 1.29 is 0 Å². The van der Waals surface area contributed by atoms with Crippen LogP contribution in [0.5, 0.6) is 0 Å². The van der Waals surface area contributed by atoms with Gasteiger partial charge in [-0.05, 0) is 67.8 Å². The van der Waals surface area contributed by atoms with Gasteiger partial charge in [-0.3, -0.25) is 9.88 Å². The highest BCUT2D eigenvalue weighted by Gasteiger charge is 2.31. The fourth-order valence-corrected chi connectivity index (χ4v) is 3.82. The molecule has 0 bridgehead atoms. The van der Waals surface area contributed by atoms with Gasteiger partial charge in [-0.2, -0.15) is 0 Å². The predicted molar refractivity (Wildman–Crippen MR) is 101 cm³/mol. The first-order valence-corrected chi connectivity index (χ1v) is 9.10. The number of aromatic nitrogens is 1. The zero-order valence-corrected chi connectivity index (χ0v) is 16.4. The number of allylic oxidation sites excluding steroid dienone is 1. The van der Waals surface area contributed by atoms with Crippen molar-refractivity contribution >= 4 is 5.57 Å². The van der Waals surface area contributed by atoms with Crippen LogP contribution in [-0.4, -0.2) is 23.0 Å². The molecule has 2 rings (SSSR count). The smallest absolute Gasteiger partial charge is 0.0426 e. The summed E-state index contributed by atoms with van der Waals surface area (Å²) in [4.78, 5) is 7.26. The van der Waals surface area contributed by atoms with Crippen LogP contribution in [0.15, 0.2) is 12.3 Å². The Labute approximate surface area is 143 Å².